The summed E-state index contributed by atoms with van der Waals surface area (Å²) in [4.78, 5) is 5.13. The molecule has 2 aromatic rings. The number of rotatable bonds is 3. The van der Waals surface area contributed by atoms with Gasteiger partial charge in [0, 0.05) is 10.9 Å². The molecular weight excluding hydrogens is 276 g/mol. The van der Waals surface area contributed by atoms with Crippen LogP contribution in [0.5, 0.6) is 0 Å². The van der Waals surface area contributed by atoms with Crippen molar-refractivity contribution >= 4 is 27.3 Å². The maximum atomic E-state index is 5.97. The van der Waals surface area contributed by atoms with Crippen molar-refractivity contribution in [1.29, 1.82) is 0 Å². The van der Waals surface area contributed by atoms with Crippen LogP contribution in [0.15, 0.2) is 28.6 Å². The van der Waals surface area contributed by atoms with E-state index in [2.05, 4.69) is 32.1 Å². The fraction of sp³-hybridized carbons (Fsp3) is 0.333. The molecule has 0 radical (unpaired) electrons. The summed E-state index contributed by atoms with van der Waals surface area (Å²) in [6.45, 7) is 1.97. The average molecular weight is 287 g/mol. The third kappa shape index (κ3) is 2.27. The first-order valence-corrected chi connectivity index (χ1v) is 6.14. The summed E-state index contributed by atoms with van der Waals surface area (Å²) in [6.07, 6.45) is 3.22. The molecule has 4 nitrogen and oxygen atoms in total. The van der Waals surface area contributed by atoms with Crippen molar-refractivity contribution in [2.45, 2.75) is 19.0 Å². The first-order chi connectivity index (χ1) is 7.18. The van der Waals surface area contributed by atoms with E-state index in [1.54, 1.807) is 22.3 Å². The van der Waals surface area contributed by atoms with E-state index in [4.69, 9.17) is 5.73 Å². The highest BCUT2D eigenvalue weighted by molar-refractivity contribution is 9.11. The second kappa shape index (κ2) is 4.42. The molecule has 0 aromatic carbocycles. The van der Waals surface area contributed by atoms with Gasteiger partial charge in [-0.15, -0.1) is 11.3 Å². The molecule has 0 amide bonds. The van der Waals surface area contributed by atoms with Crippen molar-refractivity contribution in [2.75, 3.05) is 0 Å². The van der Waals surface area contributed by atoms with Crippen molar-refractivity contribution in [3.05, 3.63) is 33.5 Å². The van der Waals surface area contributed by atoms with Crippen molar-refractivity contribution in [1.82, 2.24) is 14.8 Å². The molecule has 2 N–H and O–H groups in total. The molecule has 15 heavy (non-hydrogen) atoms. The largest absolute Gasteiger partial charge is 0.326 e. The summed E-state index contributed by atoms with van der Waals surface area (Å²) in [7, 11) is 0. The van der Waals surface area contributed by atoms with Crippen LogP contribution in [0.25, 0.3) is 0 Å². The van der Waals surface area contributed by atoms with E-state index >= 15 is 0 Å². The van der Waals surface area contributed by atoms with Crippen molar-refractivity contribution < 1.29 is 0 Å². The third-order valence-electron chi connectivity index (χ3n) is 2.11. The van der Waals surface area contributed by atoms with Gasteiger partial charge >= 0.3 is 0 Å². The second-order valence-corrected chi connectivity index (χ2v) is 5.82. The smallest absolute Gasteiger partial charge is 0.137 e. The minimum absolute atomic E-state index is 0.00255. The molecule has 2 unspecified atom stereocenters. The molecule has 2 aromatic heterocycles. The summed E-state index contributed by atoms with van der Waals surface area (Å²) >= 11 is 5.12. The minimum Gasteiger partial charge on any atom is -0.326 e. The average Bonchev–Trinajstić information content (AvgIpc) is 2.77. The maximum Gasteiger partial charge on any atom is 0.137 e. The first-order valence-electron chi connectivity index (χ1n) is 4.53. The van der Waals surface area contributed by atoms with Gasteiger partial charge in [-0.1, -0.05) is 0 Å². The number of thiophene rings is 1. The Labute approximate surface area is 100 Å². The lowest BCUT2D eigenvalue weighted by molar-refractivity contribution is 0.459. The maximum absolute atomic E-state index is 5.97. The van der Waals surface area contributed by atoms with Crippen molar-refractivity contribution in [2.24, 2.45) is 5.73 Å². The van der Waals surface area contributed by atoms with E-state index in [0.717, 1.165) is 3.79 Å². The lowest BCUT2D eigenvalue weighted by atomic mass is 10.1. The summed E-state index contributed by atoms with van der Waals surface area (Å²) in [5, 5.41) is 4.14. The predicted octanol–water partition coefficient (Wildman–Crippen LogP) is 2.04. The summed E-state index contributed by atoms with van der Waals surface area (Å²) in [5.74, 6) is 0. The van der Waals surface area contributed by atoms with Gasteiger partial charge in [-0.2, -0.15) is 5.10 Å². The number of nitrogens with two attached hydrogens (primary N) is 1. The molecule has 0 bridgehead atoms. The Balaban J connectivity index is 2.36. The summed E-state index contributed by atoms with van der Waals surface area (Å²) in [5.41, 5.74) is 5.97. The Morgan fingerprint density at radius 3 is 2.80 bits per heavy atom. The van der Waals surface area contributed by atoms with E-state index < -0.39 is 0 Å². The number of nitrogens with zero attached hydrogens (tertiary/aromatic N) is 3. The Morgan fingerprint density at radius 2 is 2.33 bits per heavy atom. The van der Waals surface area contributed by atoms with Gasteiger partial charge in [-0.05, 0) is 35.0 Å². The van der Waals surface area contributed by atoms with Gasteiger partial charge in [0.15, 0.2) is 0 Å². The van der Waals surface area contributed by atoms with Crippen LogP contribution >= 0.6 is 27.3 Å². The summed E-state index contributed by atoms with van der Waals surface area (Å²) in [6, 6.07) is 4.14. The molecule has 2 rings (SSSR count). The Bertz CT molecular complexity index is 423. The van der Waals surface area contributed by atoms with E-state index in [-0.39, 0.29) is 12.1 Å². The highest BCUT2D eigenvalue weighted by Gasteiger charge is 2.20. The monoisotopic (exact) mass is 286 g/mol. The van der Waals surface area contributed by atoms with Crippen LogP contribution in [-0.4, -0.2) is 20.8 Å². The SMILES string of the molecule is CC(N)C(c1ccc(Br)s1)n1cncn1. The van der Waals surface area contributed by atoms with E-state index in [1.165, 1.54) is 11.2 Å². The van der Waals surface area contributed by atoms with Gasteiger partial charge in [0.2, 0.25) is 0 Å². The van der Waals surface area contributed by atoms with Gasteiger partial charge in [0.05, 0.1) is 3.79 Å². The zero-order chi connectivity index (χ0) is 10.8. The molecule has 2 heterocycles. The highest BCUT2D eigenvalue weighted by atomic mass is 79.9. The van der Waals surface area contributed by atoms with Crippen LogP contribution in [0.1, 0.15) is 17.8 Å². The second-order valence-electron chi connectivity index (χ2n) is 3.32. The number of aromatic nitrogens is 3. The van der Waals surface area contributed by atoms with Crippen molar-refractivity contribution in [3.63, 3.8) is 0 Å². The van der Waals surface area contributed by atoms with Crippen LogP contribution in [0, 0.1) is 0 Å². The van der Waals surface area contributed by atoms with Gasteiger partial charge in [-0.25, -0.2) is 9.67 Å². The molecule has 0 aliphatic rings. The van der Waals surface area contributed by atoms with E-state index in [0.29, 0.717) is 0 Å². The van der Waals surface area contributed by atoms with Crippen LogP contribution in [0.2, 0.25) is 0 Å². The van der Waals surface area contributed by atoms with Crippen LogP contribution in [-0.2, 0) is 0 Å². The Hall–Kier alpha value is -0.720. The molecule has 80 valence electrons. The standard InChI is InChI=1S/C9H11BrN4S/c1-6(11)9(14-5-12-4-13-14)7-2-3-8(10)15-7/h2-6,9H,11H2,1H3. The van der Waals surface area contributed by atoms with Gasteiger partial charge < -0.3 is 5.73 Å². The first kappa shape index (κ1) is 10.8. The number of hydrogen-bond acceptors (Lipinski definition) is 4. The fourth-order valence-electron chi connectivity index (χ4n) is 1.48. The molecule has 0 saturated carbocycles. The van der Waals surface area contributed by atoms with Crippen molar-refractivity contribution in [3.8, 4) is 0 Å². The van der Waals surface area contributed by atoms with Gasteiger partial charge in [-0.3, -0.25) is 0 Å². The lowest BCUT2D eigenvalue weighted by Gasteiger charge is -2.19. The molecule has 0 spiro atoms. The molecule has 2 atom stereocenters. The van der Waals surface area contributed by atoms with E-state index in [1.807, 2.05) is 13.0 Å². The van der Waals surface area contributed by atoms with Crippen LogP contribution in [0.3, 0.4) is 0 Å². The fourth-order valence-corrected chi connectivity index (χ4v) is 3.11. The lowest BCUT2D eigenvalue weighted by Crippen LogP contribution is -2.29. The Kier molecular flexibility index (Phi) is 3.18. The molecular formula is C9H11BrN4S. The highest BCUT2D eigenvalue weighted by Crippen LogP contribution is 2.30. The number of hydrogen-bond donors (Lipinski definition) is 1. The molecule has 0 aliphatic carbocycles. The molecule has 0 fully saturated rings. The van der Waals surface area contributed by atoms with E-state index in [9.17, 15) is 0 Å². The minimum atomic E-state index is -0.00255. The quantitative estimate of drug-likeness (QED) is 0.939. The normalized spacial score (nSPS) is 15.1. The zero-order valence-electron chi connectivity index (χ0n) is 8.17. The van der Waals surface area contributed by atoms with Gasteiger partial charge in [0.1, 0.15) is 18.7 Å². The predicted molar refractivity (Wildman–Crippen MR) is 63.8 cm³/mol. The number of halogens is 1. The molecule has 6 heteroatoms. The zero-order valence-corrected chi connectivity index (χ0v) is 10.6. The van der Waals surface area contributed by atoms with Gasteiger partial charge in [0.25, 0.3) is 0 Å². The molecule has 0 aliphatic heterocycles. The molecule has 0 saturated heterocycles. The van der Waals surface area contributed by atoms with Crippen LogP contribution < -0.4 is 5.73 Å². The third-order valence-corrected chi connectivity index (χ3v) is 3.80. The Morgan fingerprint density at radius 1 is 1.53 bits per heavy atom. The summed E-state index contributed by atoms with van der Waals surface area (Å²) < 4.78 is 2.89. The topological polar surface area (TPSA) is 56.7 Å². The van der Waals surface area contributed by atoms with Crippen LogP contribution in [0.4, 0.5) is 0 Å².